The zero-order chi connectivity index (χ0) is 23.9. The first-order valence-electron chi connectivity index (χ1n) is 9.13. The van der Waals surface area contributed by atoms with E-state index < -0.39 is 24.0 Å². The van der Waals surface area contributed by atoms with Crippen LogP contribution in [-0.2, 0) is 14.3 Å². The number of benzene rings is 1. The predicted octanol–water partition coefficient (Wildman–Crippen LogP) is 3.08. The predicted molar refractivity (Wildman–Crippen MR) is 108 cm³/mol. The van der Waals surface area contributed by atoms with Gasteiger partial charge in [-0.25, -0.2) is 9.78 Å². The fourth-order valence-electron chi connectivity index (χ4n) is 2.86. The van der Waals surface area contributed by atoms with Crippen LogP contribution >= 0.6 is 11.3 Å². The van der Waals surface area contributed by atoms with Crippen molar-refractivity contribution in [3.05, 3.63) is 41.5 Å². The van der Waals surface area contributed by atoms with E-state index in [-0.39, 0.29) is 18.6 Å². The van der Waals surface area contributed by atoms with Gasteiger partial charge in [-0.1, -0.05) is 18.2 Å². The van der Waals surface area contributed by atoms with Gasteiger partial charge in [0.2, 0.25) is 0 Å². The highest BCUT2D eigenvalue weighted by molar-refractivity contribution is 7.14. The maximum Gasteiger partial charge on any atom is 0.490 e. The summed E-state index contributed by atoms with van der Waals surface area (Å²) in [5.74, 6) is -4.59. The summed E-state index contributed by atoms with van der Waals surface area (Å²) in [4.78, 5) is 38.8. The highest BCUT2D eigenvalue weighted by atomic mass is 32.1. The van der Waals surface area contributed by atoms with E-state index in [1.165, 1.54) is 23.3 Å². The highest BCUT2D eigenvalue weighted by Gasteiger charge is 2.38. The summed E-state index contributed by atoms with van der Waals surface area (Å²) in [6.45, 7) is 0.526. The van der Waals surface area contributed by atoms with E-state index in [0.717, 1.165) is 5.69 Å². The summed E-state index contributed by atoms with van der Waals surface area (Å²) < 4.78 is 37.0. The second kappa shape index (κ2) is 10.9. The minimum Gasteiger partial charge on any atom is -0.481 e. The summed E-state index contributed by atoms with van der Waals surface area (Å²) in [6.07, 6.45) is -4.97. The van der Waals surface area contributed by atoms with Crippen LogP contribution in [0.2, 0.25) is 0 Å². The number of para-hydroxylation sites is 1. The number of carboxylic acid groups (broad SMARTS) is 2. The summed E-state index contributed by atoms with van der Waals surface area (Å²) in [6, 6.07) is 9.51. The SMILES string of the molecule is COC1CC(C(=O)O)CN(C(=O)c2ncsc2Nc2ccccc2)C1.O=C(O)C(F)(F)F. The van der Waals surface area contributed by atoms with Gasteiger partial charge in [-0.05, 0) is 18.6 Å². The first-order valence-corrected chi connectivity index (χ1v) is 10.0. The number of carboxylic acids is 2. The average molecular weight is 475 g/mol. The van der Waals surface area contributed by atoms with Crippen LogP contribution in [0.25, 0.3) is 0 Å². The molecule has 1 aliphatic heterocycles. The van der Waals surface area contributed by atoms with Crippen LogP contribution in [0.3, 0.4) is 0 Å². The third-order valence-corrected chi connectivity index (χ3v) is 5.17. The van der Waals surface area contributed by atoms with Gasteiger partial charge < -0.3 is 25.2 Å². The van der Waals surface area contributed by atoms with Crippen molar-refractivity contribution in [1.82, 2.24) is 9.88 Å². The number of ether oxygens (including phenoxy) is 1. The largest absolute Gasteiger partial charge is 0.490 e. The number of hydrogen-bond donors (Lipinski definition) is 3. The first-order chi connectivity index (χ1) is 15.0. The number of likely N-dealkylation sites (tertiary alicyclic amines) is 1. The van der Waals surface area contributed by atoms with Gasteiger partial charge in [-0.3, -0.25) is 9.59 Å². The third-order valence-electron chi connectivity index (χ3n) is 4.43. The number of aliphatic carboxylic acids is 2. The molecule has 0 spiro atoms. The van der Waals surface area contributed by atoms with E-state index in [2.05, 4.69) is 10.3 Å². The van der Waals surface area contributed by atoms with Crippen molar-refractivity contribution < 1.29 is 42.5 Å². The van der Waals surface area contributed by atoms with Crippen LogP contribution in [-0.4, -0.2) is 70.4 Å². The van der Waals surface area contributed by atoms with Crippen LogP contribution in [0, 0.1) is 5.92 Å². The molecule has 2 aromatic rings. The zero-order valence-corrected chi connectivity index (χ0v) is 17.5. The highest BCUT2D eigenvalue weighted by Crippen LogP contribution is 2.28. The number of nitrogens with one attached hydrogen (secondary N) is 1. The van der Waals surface area contributed by atoms with Crippen molar-refractivity contribution in [3.8, 4) is 0 Å². The number of anilines is 2. The van der Waals surface area contributed by atoms with Crippen LogP contribution < -0.4 is 5.32 Å². The molecule has 0 saturated carbocycles. The minimum absolute atomic E-state index is 0.163. The molecule has 2 heterocycles. The van der Waals surface area contributed by atoms with Crippen molar-refractivity contribution >= 4 is 39.9 Å². The Morgan fingerprint density at radius 2 is 1.81 bits per heavy atom. The Kier molecular flexibility index (Phi) is 8.55. The lowest BCUT2D eigenvalue weighted by molar-refractivity contribution is -0.192. The number of halogens is 3. The molecular weight excluding hydrogens is 455 g/mol. The normalized spacial score (nSPS) is 18.3. The Bertz CT molecular complexity index is 938. The lowest BCUT2D eigenvalue weighted by Gasteiger charge is -2.35. The number of amides is 1. The van der Waals surface area contributed by atoms with Gasteiger partial charge in [0, 0.05) is 25.9 Å². The Labute approximate surface area is 184 Å². The minimum atomic E-state index is -5.08. The fourth-order valence-corrected chi connectivity index (χ4v) is 3.55. The van der Waals surface area contributed by atoms with Gasteiger partial charge in [0.05, 0.1) is 17.5 Å². The van der Waals surface area contributed by atoms with Crippen molar-refractivity contribution in [2.45, 2.75) is 18.7 Å². The molecule has 32 heavy (non-hydrogen) atoms. The lowest BCUT2D eigenvalue weighted by Crippen LogP contribution is -2.49. The average Bonchev–Trinajstić information content (AvgIpc) is 3.21. The molecule has 9 nitrogen and oxygen atoms in total. The van der Waals surface area contributed by atoms with Gasteiger partial charge in [-0.15, -0.1) is 11.3 Å². The number of thiazole rings is 1. The van der Waals surface area contributed by atoms with Crippen LogP contribution in [0.4, 0.5) is 23.9 Å². The first kappa shape index (κ1) is 25.1. The van der Waals surface area contributed by atoms with E-state index >= 15 is 0 Å². The topological polar surface area (TPSA) is 129 Å². The molecule has 1 aromatic carbocycles. The number of carbonyl (C=O) groups excluding carboxylic acids is 1. The third kappa shape index (κ3) is 6.92. The molecule has 1 aromatic heterocycles. The molecule has 1 aliphatic rings. The molecule has 3 N–H and O–H groups in total. The smallest absolute Gasteiger partial charge is 0.481 e. The maximum atomic E-state index is 12.9. The standard InChI is InChI=1S/C17H19N3O4S.C2HF3O2/c1-24-13-7-11(17(22)23)8-20(9-13)16(21)14-15(25-10-18-14)19-12-5-3-2-4-6-12;3-2(4,5)1(6)7/h2-6,10-11,13,19H,7-9H2,1H3,(H,22,23);(H,6,7). The second-order valence-electron chi connectivity index (χ2n) is 6.66. The van der Waals surface area contributed by atoms with Gasteiger partial charge in [0.25, 0.3) is 5.91 Å². The van der Waals surface area contributed by atoms with E-state index in [0.29, 0.717) is 23.7 Å². The molecule has 1 saturated heterocycles. The van der Waals surface area contributed by atoms with Crippen molar-refractivity contribution in [3.63, 3.8) is 0 Å². The summed E-state index contributed by atoms with van der Waals surface area (Å²) in [7, 11) is 1.53. The molecule has 0 bridgehead atoms. The molecule has 2 atom stereocenters. The van der Waals surface area contributed by atoms with Crippen LogP contribution in [0.5, 0.6) is 0 Å². The molecule has 2 unspecified atom stereocenters. The zero-order valence-electron chi connectivity index (χ0n) is 16.7. The van der Waals surface area contributed by atoms with Crippen LogP contribution in [0.1, 0.15) is 16.9 Å². The Morgan fingerprint density at radius 1 is 1.19 bits per heavy atom. The molecule has 0 radical (unpaired) electrons. The van der Waals surface area contributed by atoms with Gasteiger partial charge >= 0.3 is 18.1 Å². The van der Waals surface area contributed by atoms with Crippen molar-refractivity contribution in [1.29, 1.82) is 0 Å². The molecule has 13 heteroatoms. The number of aromatic nitrogens is 1. The molecule has 1 fully saturated rings. The molecule has 1 amide bonds. The van der Waals surface area contributed by atoms with E-state index in [9.17, 15) is 27.9 Å². The number of rotatable bonds is 5. The molecule has 174 valence electrons. The fraction of sp³-hybridized carbons (Fsp3) is 0.368. The Hall–Kier alpha value is -3.19. The van der Waals surface area contributed by atoms with E-state index in [4.69, 9.17) is 14.6 Å². The second-order valence-corrected chi connectivity index (χ2v) is 7.52. The molecule has 3 rings (SSSR count). The van der Waals surface area contributed by atoms with E-state index in [1.807, 2.05) is 30.3 Å². The van der Waals surface area contributed by atoms with Gasteiger partial charge in [0.1, 0.15) is 5.00 Å². The lowest BCUT2D eigenvalue weighted by atomic mass is 9.95. The van der Waals surface area contributed by atoms with Gasteiger partial charge in [-0.2, -0.15) is 13.2 Å². The summed E-state index contributed by atoms with van der Waals surface area (Å²) in [5, 5.41) is 20.3. The monoisotopic (exact) mass is 475 g/mol. The summed E-state index contributed by atoms with van der Waals surface area (Å²) in [5.41, 5.74) is 2.76. The Balaban J connectivity index is 0.000000451. The number of piperidine rings is 1. The summed E-state index contributed by atoms with van der Waals surface area (Å²) >= 11 is 1.33. The van der Waals surface area contributed by atoms with Crippen molar-refractivity contribution in [2.24, 2.45) is 5.92 Å². The number of alkyl halides is 3. The number of carbonyl (C=O) groups is 3. The molecule has 0 aliphatic carbocycles. The quantitative estimate of drug-likeness (QED) is 0.602. The van der Waals surface area contributed by atoms with Crippen LogP contribution in [0.15, 0.2) is 35.8 Å². The van der Waals surface area contributed by atoms with E-state index in [1.54, 1.807) is 5.51 Å². The number of hydrogen-bond acceptors (Lipinski definition) is 7. The van der Waals surface area contributed by atoms with Crippen molar-refractivity contribution in [2.75, 3.05) is 25.5 Å². The number of nitrogens with zero attached hydrogens (tertiary/aromatic N) is 2. The molecular formula is C19H20F3N3O6S. The van der Waals surface area contributed by atoms with Gasteiger partial charge in [0.15, 0.2) is 5.69 Å². The Morgan fingerprint density at radius 3 is 2.34 bits per heavy atom. The number of methoxy groups -OCH3 is 1. The maximum absolute atomic E-state index is 12.9.